The van der Waals surface area contributed by atoms with E-state index < -0.39 is 10.0 Å². The van der Waals surface area contributed by atoms with E-state index in [1.165, 1.54) is 11.3 Å². The Hall–Kier alpha value is -2.42. The number of guanidine groups is 1. The van der Waals surface area contributed by atoms with Gasteiger partial charge >= 0.3 is 0 Å². The van der Waals surface area contributed by atoms with E-state index in [0.717, 1.165) is 37.3 Å². The molecule has 30 heavy (non-hydrogen) atoms. The summed E-state index contributed by atoms with van der Waals surface area (Å²) in [4.78, 5) is 6.87. The molecule has 4 rings (SSSR count). The number of anilines is 1. The highest BCUT2D eigenvalue weighted by Crippen LogP contribution is 2.27. The van der Waals surface area contributed by atoms with E-state index in [1.54, 1.807) is 19.2 Å². The standard InChI is InChI=1S/C22H28N4O3S/c1-23-22(26-13-12-18-5-2-3-7-21(18)26)24-15-17-8-10-20(11-9-17)30(27,28)25-16-19-6-4-14-29-19/h2-3,5,7-11,19,25H,4,6,12-16H2,1H3,(H,23,24). The van der Waals surface area contributed by atoms with Crippen molar-refractivity contribution in [1.29, 1.82) is 0 Å². The Labute approximate surface area is 178 Å². The number of nitrogens with zero attached hydrogens (tertiary/aromatic N) is 2. The van der Waals surface area contributed by atoms with Crippen LogP contribution in [0.3, 0.4) is 0 Å². The SMILES string of the molecule is CN=C(NCc1ccc(S(=O)(=O)NCC2CCCO2)cc1)N1CCc2ccccc21. The number of para-hydroxylation sites is 1. The molecule has 2 N–H and O–H groups in total. The van der Waals surface area contributed by atoms with Crippen molar-refractivity contribution < 1.29 is 13.2 Å². The van der Waals surface area contributed by atoms with Gasteiger partial charge in [0.1, 0.15) is 0 Å². The summed E-state index contributed by atoms with van der Waals surface area (Å²) in [5.74, 6) is 0.815. The van der Waals surface area contributed by atoms with Gasteiger partial charge in [0.2, 0.25) is 10.0 Å². The number of rotatable bonds is 6. The number of aliphatic imine (C=N–C) groups is 1. The first-order chi connectivity index (χ1) is 14.6. The molecule has 0 aromatic heterocycles. The molecule has 7 nitrogen and oxygen atoms in total. The van der Waals surface area contributed by atoms with Crippen molar-refractivity contribution in [1.82, 2.24) is 10.0 Å². The van der Waals surface area contributed by atoms with Gasteiger partial charge in [-0.1, -0.05) is 30.3 Å². The normalized spacial score (nSPS) is 19.2. The second kappa shape index (κ2) is 9.16. The number of hydrogen-bond donors (Lipinski definition) is 2. The molecule has 1 fully saturated rings. The lowest BCUT2D eigenvalue weighted by Crippen LogP contribution is -2.40. The van der Waals surface area contributed by atoms with E-state index in [1.807, 2.05) is 18.2 Å². The summed E-state index contributed by atoms with van der Waals surface area (Å²) < 4.78 is 33.1. The van der Waals surface area contributed by atoms with Crippen LogP contribution in [0.1, 0.15) is 24.0 Å². The minimum absolute atomic E-state index is 0.0225. The molecule has 0 aliphatic carbocycles. The Kier molecular flexibility index (Phi) is 6.36. The molecule has 2 heterocycles. The molecule has 1 atom stereocenters. The quantitative estimate of drug-likeness (QED) is 0.545. The van der Waals surface area contributed by atoms with Gasteiger partial charge in [0.05, 0.1) is 11.0 Å². The van der Waals surface area contributed by atoms with Crippen LogP contribution in [0.15, 0.2) is 58.4 Å². The van der Waals surface area contributed by atoms with Gasteiger partial charge in [-0.15, -0.1) is 0 Å². The zero-order chi connectivity index (χ0) is 21.0. The molecule has 160 valence electrons. The number of benzene rings is 2. The minimum atomic E-state index is -3.53. The van der Waals surface area contributed by atoms with Crippen LogP contribution in [0.25, 0.3) is 0 Å². The molecule has 2 aliphatic heterocycles. The fourth-order valence-electron chi connectivity index (χ4n) is 3.91. The number of sulfonamides is 1. The van der Waals surface area contributed by atoms with Crippen molar-refractivity contribution in [3.05, 3.63) is 59.7 Å². The largest absolute Gasteiger partial charge is 0.377 e. The van der Waals surface area contributed by atoms with Crippen LogP contribution in [-0.4, -0.2) is 47.2 Å². The average molecular weight is 429 g/mol. The van der Waals surface area contributed by atoms with Crippen molar-refractivity contribution in [3.8, 4) is 0 Å². The average Bonchev–Trinajstić information content (AvgIpc) is 3.44. The Morgan fingerprint density at radius 2 is 2.00 bits per heavy atom. The first-order valence-corrected chi connectivity index (χ1v) is 11.8. The van der Waals surface area contributed by atoms with Crippen molar-refractivity contribution >= 4 is 21.7 Å². The molecular formula is C22H28N4O3S. The fraction of sp³-hybridized carbons (Fsp3) is 0.409. The molecule has 0 radical (unpaired) electrons. The molecule has 2 aromatic carbocycles. The number of ether oxygens (including phenoxy) is 1. The monoisotopic (exact) mass is 428 g/mol. The summed E-state index contributed by atoms with van der Waals surface area (Å²) in [5.41, 5.74) is 3.50. The van der Waals surface area contributed by atoms with Crippen LogP contribution in [0.2, 0.25) is 0 Å². The van der Waals surface area contributed by atoms with Gasteiger partial charge in [-0.05, 0) is 48.6 Å². The van der Waals surface area contributed by atoms with Gasteiger partial charge in [-0.25, -0.2) is 13.1 Å². The zero-order valence-electron chi connectivity index (χ0n) is 17.2. The highest BCUT2D eigenvalue weighted by Gasteiger charge is 2.23. The maximum atomic E-state index is 12.5. The molecule has 8 heteroatoms. The molecule has 0 bridgehead atoms. The molecule has 2 aliphatic rings. The summed E-state index contributed by atoms with van der Waals surface area (Å²) in [6.07, 6.45) is 2.86. The lowest BCUT2D eigenvalue weighted by molar-refractivity contribution is 0.114. The predicted molar refractivity (Wildman–Crippen MR) is 118 cm³/mol. The molecule has 0 spiro atoms. The summed E-state index contributed by atoms with van der Waals surface area (Å²) >= 11 is 0. The van der Waals surface area contributed by atoms with Crippen molar-refractivity contribution in [2.75, 3.05) is 31.6 Å². The van der Waals surface area contributed by atoms with E-state index in [0.29, 0.717) is 19.7 Å². The second-order valence-electron chi connectivity index (χ2n) is 7.56. The summed E-state index contributed by atoms with van der Waals surface area (Å²) in [5, 5.41) is 3.38. The van der Waals surface area contributed by atoms with Crippen LogP contribution < -0.4 is 14.9 Å². The van der Waals surface area contributed by atoms with Gasteiger partial charge in [0.15, 0.2) is 5.96 Å². The van der Waals surface area contributed by atoms with Gasteiger partial charge < -0.3 is 15.0 Å². The fourth-order valence-corrected chi connectivity index (χ4v) is 4.98. The second-order valence-corrected chi connectivity index (χ2v) is 9.33. The lowest BCUT2D eigenvalue weighted by atomic mass is 10.2. The topological polar surface area (TPSA) is 83.0 Å². The number of hydrogen-bond acceptors (Lipinski definition) is 4. The minimum Gasteiger partial charge on any atom is -0.377 e. The van der Waals surface area contributed by atoms with E-state index >= 15 is 0 Å². The van der Waals surface area contributed by atoms with Crippen molar-refractivity contribution in [2.24, 2.45) is 4.99 Å². The Bertz CT molecular complexity index is 999. The third-order valence-electron chi connectivity index (χ3n) is 5.56. The van der Waals surface area contributed by atoms with E-state index in [4.69, 9.17) is 4.74 Å². The van der Waals surface area contributed by atoms with Crippen LogP contribution in [-0.2, 0) is 27.7 Å². The molecule has 1 saturated heterocycles. The van der Waals surface area contributed by atoms with Crippen LogP contribution in [0.5, 0.6) is 0 Å². The zero-order valence-corrected chi connectivity index (χ0v) is 18.0. The maximum absolute atomic E-state index is 12.5. The molecule has 0 amide bonds. The molecule has 1 unspecified atom stereocenters. The predicted octanol–water partition coefficient (Wildman–Crippen LogP) is 2.28. The summed E-state index contributed by atoms with van der Waals surface area (Å²) in [7, 11) is -1.75. The molecular weight excluding hydrogens is 400 g/mol. The maximum Gasteiger partial charge on any atom is 0.240 e. The van der Waals surface area contributed by atoms with E-state index in [9.17, 15) is 8.42 Å². The third-order valence-corrected chi connectivity index (χ3v) is 7.00. The summed E-state index contributed by atoms with van der Waals surface area (Å²) in [6.45, 7) is 2.49. The number of nitrogens with one attached hydrogen (secondary N) is 2. The first-order valence-electron chi connectivity index (χ1n) is 10.3. The molecule has 0 saturated carbocycles. The highest BCUT2D eigenvalue weighted by atomic mass is 32.2. The smallest absolute Gasteiger partial charge is 0.240 e. The lowest BCUT2D eigenvalue weighted by Gasteiger charge is -2.22. The van der Waals surface area contributed by atoms with Crippen molar-refractivity contribution in [3.63, 3.8) is 0 Å². The van der Waals surface area contributed by atoms with E-state index in [2.05, 4.69) is 38.1 Å². The van der Waals surface area contributed by atoms with Gasteiger partial charge in [0.25, 0.3) is 0 Å². The van der Waals surface area contributed by atoms with Crippen molar-refractivity contribution in [2.45, 2.75) is 36.8 Å². The van der Waals surface area contributed by atoms with Gasteiger partial charge in [0, 0.05) is 39.0 Å². The van der Waals surface area contributed by atoms with Crippen LogP contribution >= 0.6 is 0 Å². The highest BCUT2D eigenvalue weighted by molar-refractivity contribution is 7.89. The summed E-state index contributed by atoms with van der Waals surface area (Å²) in [6, 6.07) is 15.3. The Morgan fingerprint density at radius 3 is 2.73 bits per heavy atom. The Balaban J connectivity index is 1.35. The van der Waals surface area contributed by atoms with E-state index in [-0.39, 0.29) is 11.0 Å². The first kappa shape index (κ1) is 20.8. The van der Waals surface area contributed by atoms with Gasteiger partial charge in [-0.2, -0.15) is 0 Å². The van der Waals surface area contributed by atoms with Gasteiger partial charge in [-0.3, -0.25) is 4.99 Å². The molecule has 2 aromatic rings. The van der Waals surface area contributed by atoms with Crippen LogP contribution in [0.4, 0.5) is 5.69 Å². The Morgan fingerprint density at radius 1 is 1.20 bits per heavy atom. The van der Waals surface area contributed by atoms with Crippen LogP contribution in [0, 0.1) is 0 Å². The third kappa shape index (κ3) is 4.66. The number of fused-ring (bicyclic) bond motifs is 1.